The molecule has 2 aliphatic rings. The van der Waals surface area contributed by atoms with E-state index < -0.39 is 0 Å². The molecule has 0 aromatic heterocycles. The molecule has 2 unspecified atom stereocenters. The van der Waals surface area contributed by atoms with Gasteiger partial charge in [0.05, 0.1) is 6.10 Å². The predicted octanol–water partition coefficient (Wildman–Crippen LogP) is 1.15. The van der Waals surface area contributed by atoms with Crippen LogP contribution in [0.1, 0.15) is 39.5 Å². The molecule has 2 atom stereocenters. The summed E-state index contributed by atoms with van der Waals surface area (Å²) in [5.41, 5.74) is 0. The summed E-state index contributed by atoms with van der Waals surface area (Å²) in [4.78, 5) is 14.2. The van der Waals surface area contributed by atoms with Gasteiger partial charge >= 0.3 is 0 Å². The van der Waals surface area contributed by atoms with E-state index in [9.17, 15) is 4.79 Å². The first-order chi connectivity index (χ1) is 8.16. The molecule has 2 aliphatic heterocycles. The summed E-state index contributed by atoms with van der Waals surface area (Å²) in [6, 6.07) is 0.922. The minimum Gasteiger partial charge on any atom is -0.369 e. The van der Waals surface area contributed by atoms with Crippen molar-refractivity contribution >= 4 is 5.91 Å². The number of nitrogens with zero attached hydrogens (tertiary/aromatic N) is 1. The number of carbonyl (C=O) groups excluding carboxylic acids is 1. The maximum atomic E-state index is 11.7. The molecule has 2 heterocycles. The average Bonchev–Trinajstić information content (AvgIpc) is 2.70. The van der Waals surface area contributed by atoms with Gasteiger partial charge in [-0.15, -0.1) is 0 Å². The van der Waals surface area contributed by atoms with Crippen molar-refractivity contribution in [3.63, 3.8) is 0 Å². The topological polar surface area (TPSA) is 41.6 Å². The van der Waals surface area contributed by atoms with E-state index in [1.165, 1.54) is 25.8 Å². The Morgan fingerprint density at radius 3 is 2.94 bits per heavy atom. The summed E-state index contributed by atoms with van der Waals surface area (Å²) >= 11 is 0. The molecule has 0 aromatic carbocycles. The molecule has 4 heteroatoms. The SMILES string of the molecule is CC(C)OCC(=O)NC1CCN2CCCCC12. The van der Waals surface area contributed by atoms with Crippen molar-refractivity contribution in [1.29, 1.82) is 0 Å². The van der Waals surface area contributed by atoms with Gasteiger partial charge in [-0.25, -0.2) is 0 Å². The molecule has 1 N–H and O–H groups in total. The lowest BCUT2D eigenvalue weighted by atomic mass is 9.99. The van der Waals surface area contributed by atoms with Crippen LogP contribution in [0, 0.1) is 0 Å². The maximum absolute atomic E-state index is 11.7. The minimum atomic E-state index is 0.0381. The number of ether oxygens (including phenoxy) is 1. The van der Waals surface area contributed by atoms with Gasteiger partial charge in [0.15, 0.2) is 0 Å². The van der Waals surface area contributed by atoms with E-state index >= 15 is 0 Å². The number of piperidine rings is 1. The van der Waals surface area contributed by atoms with Gasteiger partial charge in [-0.3, -0.25) is 9.69 Å². The number of fused-ring (bicyclic) bond motifs is 1. The zero-order chi connectivity index (χ0) is 12.3. The summed E-state index contributed by atoms with van der Waals surface area (Å²) in [5.74, 6) is 0.0381. The van der Waals surface area contributed by atoms with Crippen LogP contribution in [0.4, 0.5) is 0 Å². The first kappa shape index (κ1) is 12.8. The summed E-state index contributed by atoms with van der Waals surface area (Å²) in [7, 11) is 0. The normalized spacial score (nSPS) is 29.4. The van der Waals surface area contributed by atoms with Crippen molar-refractivity contribution in [3.8, 4) is 0 Å². The highest BCUT2D eigenvalue weighted by molar-refractivity contribution is 5.77. The molecule has 2 rings (SSSR count). The van der Waals surface area contributed by atoms with Crippen molar-refractivity contribution < 1.29 is 9.53 Å². The fourth-order valence-electron chi connectivity index (χ4n) is 2.91. The van der Waals surface area contributed by atoms with E-state index in [1.54, 1.807) is 0 Å². The second-order valence-electron chi connectivity index (χ2n) is 5.42. The first-order valence-corrected chi connectivity index (χ1v) is 6.82. The highest BCUT2D eigenvalue weighted by Gasteiger charge is 2.36. The van der Waals surface area contributed by atoms with Crippen molar-refractivity contribution in [1.82, 2.24) is 10.2 Å². The second kappa shape index (κ2) is 5.83. The molecule has 2 saturated heterocycles. The van der Waals surface area contributed by atoms with Crippen LogP contribution in [-0.4, -0.2) is 48.7 Å². The maximum Gasteiger partial charge on any atom is 0.246 e. The van der Waals surface area contributed by atoms with Crippen LogP contribution in [0.15, 0.2) is 0 Å². The molecule has 0 radical (unpaired) electrons. The van der Waals surface area contributed by atoms with Crippen LogP contribution in [0.2, 0.25) is 0 Å². The van der Waals surface area contributed by atoms with Crippen LogP contribution >= 0.6 is 0 Å². The van der Waals surface area contributed by atoms with Gasteiger partial charge in [0.2, 0.25) is 5.91 Å². The van der Waals surface area contributed by atoms with Crippen LogP contribution in [-0.2, 0) is 9.53 Å². The molecule has 0 spiro atoms. The van der Waals surface area contributed by atoms with Crippen molar-refractivity contribution in [3.05, 3.63) is 0 Å². The lowest BCUT2D eigenvalue weighted by Gasteiger charge is -2.32. The fraction of sp³-hybridized carbons (Fsp3) is 0.923. The Bertz CT molecular complexity index is 268. The van der Waals surface area contributed by atoms with Gasteiger partial charge in [-0.2, -0.15) is 0 Å². The first-order valence-electron chi connectivity index (χ1n) is 6.82. The smallest absolute Gasteiger partial charge is 0.246 e. The van der Waals surface area contributed by atoms with Gasteiger partial charge in [-0.05, 0) is 39.7 Å². The van der Waals surface area contributed by atoms with Gasteiger partial charge < -0.3 is 10.1 Å². The largest absolute Gasteiger partial charge is 0.369 e. The quantitative estimate of drug-likeness (QED) is 0.801. The molecule has 0 bridgehead atoms. The standard InChI is InChI=1S/C13H24N2O2/c1-10(2)17-9-13(16)14-11-6-8-15-7-4-3-5-12(11)15/h10-12H,3-9H2,1-2H3,(H,14,16). The zero-order valence-electron chi connectivity index (χ0n) is 10.9. The Balaban J connectivity index is 1.77. The predicted molar refractivity (Wildman–Crippen MR) is 66.8 cm³/mol. The van der Waals surface area contributed by atoms with Gasteiger partial charge in [-0.1, -0.05) is 6.42 Å². The Morgan fingerprint density at radius 1 is 1.35 bits per heavy atom. The molecular weight excluding hydrogens is 216 g/mol. The van der Waals surface area contributed by atoms with E-state index in [-0.39, 0.29) is 18.6 Å². The third-order valence-electron chi connectivity index (χ3n) is 3.75. The molecule has 0 aliphatic carbocycles. The minimum absolute atomic E-state index is 0.0381. The van der Waals surface area contributed by atoms with E-state index in [0.717, 1.165) is 13.0 Å². The molecule has 0 aromatic rings. The fourth-order valence-corrected chi connectivity index (χ4v) is 2.91. The highest BCUT2D eigenvalue weighted by atomic mass is 16.5. The summed E-state index contributed by atoms with van der Waals surface area (Å²) in [5, 5.41) is 3.13. The third kappa shape index (κ3) is 3.42. The van der Waals surface area contributed by atoms with Gasteiger partial charge in [0.1, 0.15) is 6.61 Å². The van der Waals surface area contributed by atoms with Crippen molar-refractivity contribution in [2.24, 2.45) is 0 Å². The number of nitrogens with one attached hydrogen (secondary N) is 1. The zero-order valence-corrected chi connectivity index (χ0v) is 10.9. The van der Waals surface area contributed by atoms with Gasteiger partial charge in [0.25, 0.3) is 0 Å². The van der Waals surface area contributed by atoms with Crippen molar-refractivity contribution in [2.75, 3.05) is 19.7 Å². The van der Waals surface area contributed by atoms with Gasteiger partial charge in [0, 0.05) is 18.6 Å². The highest BCUT2D eigenvalue weighted by Crippen LogP contribution is 2.26. The molecule has 98 valence electrons. The Hall–Kier alpha value is -0.610. The molecular formula is C13H24N2O2. The summed E-state index contributed by atoms with van der Waals surface area (Å²) in [6.07, 6.45) is 5.06. The van der Waals surface area contributed by atoms with E-state index in [1.807, 2.05) is 13.8 Å². The molecule has 17 heavy (non-hydrogen) atoms. The number of carbonyl (C=O) groups is 1. The number of hydrogen-bond acceptors (Lipinski definition) is 3. The van der Waals surface area contributed by atoms with E-state index in [2.05, 4.69) is 10.2 Å². The molecule has 0 saturated carbocycles. The summed E-state index contributed by atoms with van der Waals surface area (Å²) in [6.45, 7) is 6.44. The third-order valence-corrected chi connectivity index (χ3v) is 3.75. The number of hydrogen-bond donors (Lipinski definition) is 1. The number of rotatable bonds is 4. The lowest BCUT2D eigenvalue weighted by molar-refractivity contribution is -0.128. The van der Waals surface area contributed by atoms with Crippen molar-refractivity contribution in [2.45, 2.75) is 57.7 Å². The average molecular weight is 240 g/mol. The molecule has 1 amide bonds. The van der Waals surface area contributed by atoms with Crippen LogP contribution < -0.4 is 5.32 Å². The van der Waals surface area contributed by atoms with E-state index in [0.29, 0.717) is 12.1 Å². The monoisotopic (exact) mass is 240 g/mol. The Morgan fingerprint density at radius 2 is 2.18 bits per heavy atom. The number of amides is 1. The van der Waals surface area contributed by atoms with Crippen LogP contribution in [0.25, 0.3) is 0 Å². The van der Waals surface area contributed by atoms with E-state index in [4.69, 9.17) is 4.74 Å². The van der Waals surface area contributed by atoms with Crippen LogP contribution in [0.5, 0.6) is 0 Å². The Kier molecular flexibility index (Phi) is 4.40. The second-order valence-corrected chi connectivity index (χ2v) is 5.42. The van der Waals surface area contributed by atoms with Crippen LogP contribution in [0.3, 0.4) is 0 Å². The summed E-state index contributed by atoms with van der Waals surface area (Å²) < 4.78 is 5.32. The molecule has 4 nitrogen and oxygen atoms in total. The Labute approximate surface area is 104 Å². The lowest BCUT2D eigenvalue weighted by Crippen LogP contribution is -2.47. The molecule has 2 fully saturated rings.